The first-order valence-electron chi connectivity index (χ1n) is 2.01. The summed E-state index contributed by atoms with van der Waals surface area (Å²) in [4.78, 5) is 19.7. The van der Waals surface area contributed by atoms with Crippen molar-refractivity contribution in [2.75, 3.05) is 0 Å². The molecule has 0 aromatic rings. The SMILES string of the molecule is NNC(C(=O)O)C(=O)O. The summed E-state index contributed by atoms with van der Waals surface area (Å²) in [5.41, 5.74) is 1.60. The van der Waals surface area contributed by atoms with Gasteiger partial charge in [-0.3, -0.25) is 5.84 Å². The van der Waals surface area contributed by atoms with Gasteiger partial charge in [0.15, 0.2) is 0 Å². The fourth-order valence-corrected chi connectivity index (χ4v) is 0.248. The summed E-state index contributed by atoms with van der Waals surface area (Å²) >= 11 is 0. The van der Waals surface area contributed by atoms with Crippen LogP contribution in [0.3, 0.4) is 0 Å². The van der Waals surface area contributed by atoms with Gasteiger partial charge in [0.2, 0.25) is 6.04 Å². The van der Waals surface area contributed by atoms with Crippen molar-refractivity contribution in [2.24, 2.45) is 5.84 Å². The van der Waals surface area contributed by atoms with Gasteiger partial charge in [-0.25, -0.2) is 15.0 Å². The second kappa shape index (κ2) is 3.00. The van der Waals surface area contributed by atoms with Gasteiger partial charge in [-0.2, -0.15) is 0 Å². The number of carbonyl (C=O) groups is 2. The van der Waals surface area contributed by atoms with Crippen LogP contribution >= 0.6 is 0 Å². The number of hydrogen-bond donors (Lipinski definition) is 4. The van der Waals surface area contributed by atoms with Crippen molar-refractivity contribution in [3.8, 4) is 0 Å². The lowest BCUT2D eigenvalue weighted by molar-refractivity contribution is -0.151. The summed E-state index contributed by atoms with van der Waals surface area (Å²) in [5.74, 6) is 1.54. The van der Waals surface area contributed by atoms with Crippen molar-refractivity contribution in [1.82, 2.24) is 5.43 Å². The van der Waals surface area contributed by atoms with E-state index in [0.29, 0.717) is 0 Å². The number of hydrazine groups is 1. The Bertz CT molecular complexity index is 120. The van der Waals surface area contributed by atoms with Gasteiger partial charge in [0.05, 0.1) is 0 Å². The summed E-state index contributed by atoms with van der Waals surface area (Å²) in [6.45, 7) is 0. The molecule has 0 fully saturated rings. The van der Waals surface area contributed by atoms with Crippen LogP contribution in [0.5, 0.6) is 0 Å². The molecule has 0 heterocycles. The van der Waals surface area contributed by atoms with Gasteiger partial charge in [0, 0.05) is 0 Å². The Labute approximate surface area is 50.2 Å². The second-order valence-corrected chi connectivity index (χ2v) is 1.28. The van der Waals surface area contributed by atoms with Crippen LogP contribution < -0.4 is 11.3 Å². The van der Waals surface area contributed by atoms with E-state index in [9.17, 15) is 9.59 Å². The topological polar surface area (TPSA) is 113 Å². The Kier molecular flexibility index (Phi) is 2.62. The van der Waals surface area contributed by atoms with Gasteiger partial charge in [0.1, 0.15) is 0 Å². The molecule has 0 unspecified atom stereocenters. The van der Waals surface area contributed by atoms with Gasteiger partial charge < -0.3 is 10.2 Å². The standard InChI is InChI=1S/C3H6N2O4/c4-5-1(2(6)7)3(8)9/h1,5H,4H2,(H,6,7)(H,8,9). The van der Waals surface area contributed by atoms with E-state index in [1.165, 1.54) is 0 Å². The summed E-state index contributed by atoms with van der Waals surface area (Å²) in [6, 6.07) is -1.72. The molecule has 0 aliphatic rings. The minimum atomic E-state index is -1.72. The van der Waals surface area contributed by atoms with Crippen molar-refractivity contribution in [1.29, 1.82) is 0 Å². The zero-order valence-electron chi connectivity index (χ0n) is 4.37. The Morgan fingerprint density at radius 2 is 1.67 bits per heavy atom. The first-order valence-corrected chi connectivity index (χ1v) is 2.01. The molecule has 5 N–H and O–H groups in total. The third-order valence-corrected chi connectivity index (χ3v) is 0.661. The molecule has 0 saturated heterocycles. The molecule has 0 atom stereocenters. The van der Waals surface area contributed by atoms with Crippen LogP contribution in [0.25, 0.3) is 0 Å². The molecule has 0 amide bonds. The summed E-state index contributed by atoms with van der Waals surface area (Å²) in [5, 5.41) is 16.0. The monoisotopic (exact) mass is 134 g/mol. The molecule has 0 aliphatic heterocycles. The number of rotatable bonds is 3. The lowest BCUT2D eigenvalue weighted by Gasteiger charge is -2.02. The minimum absolute atomic E-state index is 1.51. The molecular formula is C3H6N2O4. The Hall–Kier alpha value is -1.14. The Morgan fingerprint density at radius 3 is 1.67 bits per heavy atom. The number of aliphatic carboxylic acids is 2. The summed E-state index contributed by atoms with van der Waals surface area (Å²) in [7, 11) is 0. The highest BCUT2D eigenvalue weighted by Gasteiger charge is 2.23. The van der Waals surface area contributed by atoms with Gasteiger partial charge in [-0.05, 0) is 0 Å². The van der Waals surface area contributed by atoms with Crippen LogP contribution in [-0.4, -0.2) is 28.2 Å². The fourth-order valence-electron chi connectivity index (χ4n) is 0.248. The Morgan fingerprint density at radius 1 is 1.33 bits per heavy atom. The third-order valence-electron chi connectivity index (χ3n) is 0.661. The zero-order valence-corrected chi connectivity index (χ0v) is 4.37. The highest BCUT2D eigenvalue weighted by atomic mass is 16.4. The lowest BCUT2D eigenvalue weighted by Crippen LogP contribution is -2.47. The predicted molar refractivity (Wildman–Crippen MR) is 26.4 cm³/mol. The van der Waals surface area contributed by atoms with E-state index in [-0.39, 0.29) is 0 Å². The molecule has 9 heavy (non-hydrogen) atoms. The van der Waals surface area contributed by atoms with Crippen molar-refractivity contribution in [3.63, 3.8) is 0 Å². The Balaban J connectivity index is 3.99. The van der Waals surface area contributed by atoms with Crippen LogP contribution in [0.2, 0.25) is 0 Å². The highest BCUT2D eigenvalue weighted by molar-refractivity contribution is 5.97. The number of carboxylic acids is 2. The predicted octanol–water partition coefficient (Wildman–Crippen LogP) is -2.01. The van der Waals surface area contributed by atoms with Crippen LogP contribution in [0, 0.1) is 0 Å². The maximum absolute atomic E-state index is 9.85. The van der Waals surface area contributed by atoms with E-state index in [2.05, 4.69) is 5.84 Å². The van der Waals surface area contributed by atoms with Crippen LogP contribution in [0.1, 0.15) is 0 Å². The maximum atomic E-state index is 9.85. The quantitative estimate of drug-likeness (QED) is 0.201. The molecule has 0 saturated carbocycles. The average Bonchev–Trinajstić information content (AvgIpc) is 1.64. The van der Waals surface area contributed by atoms with Gasteiger partial charge in [0.25, 0.3) is 0 Å². The second-order valence-electron chi connectivity index (χ2n) is 1.28. The van der Waals surface area contributed by atoms with E-state index in [1.807, 2.05) is 0 Å². The van der Waals surface area contributed by atoms with E-state index in [0.717, 1.165) is 0 Å². The van der Waals surface area contributed by atoms with Gasteiger partial charge in [-0.1, -0.05) is 0 Å². The van der Waals surface area contributed by atoms with E-state index in [4.69, 9.17) is 10.2 Å². The molecule has 0 radical (unpaired) electrons. The maximum Gasteiger partial charge on any atom is 0.333 e. The van der Waals surface area contributed by atoms with Gasteiger partial charge in [-0.15, -0.1) is 0 Å². The van der Waals surface area contributed by atoms with E-state index < -0.39 is 18.0 Å². The number of carboxylic acid groups (broad SMARTS) is 2. The van der Waals surface area contributed by atoms with Crippen molar-refractivity contribution in [2.45, 2.75) is 6.04 Å². The normalized spacial score (nSPS) is 9.56. The average molecular weight is 134 g/mol. The molecule has 6 nitrogen and oxygen atoms in total. The van der Waals surface area contributed by atoms with E-state index >= 15 is 0 Å². The molecule has 0 aromatic carbocycles. The van der Waals surface area contributed by atoms with Crippen molar-refractivity contribution >= 4 is 11.9 Å². The molecule has 6 heteroatoms. The van der Waals surface area contributed by atoms with Gasteiger partial charge >= 0.3 is 11.9 Å². The van der Waals surface area contributed by atoms with Crippen molar-refractivity contribution < 1.29 is 19.8 Å². The molecule has 0 spiro atoms. The first-order chi connectivity index (χ1) is 4.09. The summed E-state index contributed by atoms with van der Waals surface area (Å²) in [6.07, 6.45) is 0. The fraction of sp³-hybridized carbons (Fsp3) is 0.333. The van der Waals surface area contributed by atoms with E-state index in [1.54, 1.807) is 5.43 Å². The lowest BCUT2D eigenvalue weighted by atomic mass is 10.3. The number of nitrogens with two attached hydrogens (primary N) is 1. The number of hydrogen-bond acceptors (Lipinski definition) is 4. The molecule has 0 rings (SSSR count). The smallest absolute Gasteiger partial charge is 0.333 e. The van der Waals surface area contributed by atoms with Crippen LogP contribution in [0.15, 0.2) is 0 Å². The first kappa shape index (κ1) is 7.86. The third kappa shape index (κ3) is 2.06. The zero-order chi connectivity index (χ0) is 7.44. The molecule has 0 bridgehead atoms. The van der Waals surface area contributed by atoms with Crippen molar-refractivity contribution in [3.05, 3.63) is 0 Å². The largest absolute Gasteiger partial charge is 0.480 e. The minimum Gasteiger partial charge on any atom is -0.480 e. The van der Waals surface area contributed by atoms with Crippen LogP contribution in [-0.2, 0) is 9.59 Å². The molecule has 0 aromatic heterocycles. The molecule has 52 valence electrons. The number of nitrogens with one attached hydrogen (secondary N) is 1. The summed E-state index contributed by atoms with van der Waals surface area (Å²) < 4.78 is 0. The molecule has 0 aliphatic carbocycles. The molecular weight excluding hydrogens is 128 g/mol. The van der Waals surface area contributed by atoms with Crippen LogP contribution in [0.4, 0.5) is 0 Å². The highest BCUT2D eigenvalue weighted by Crippen LogP contribution is 1.78.